The summed E-state index contributed by atoms with van der Waals surface area (Å²) in [5.41, 5.74) is 3.05. The summed E-state index contributed by atoms with van der Waals surface area (Å²) < 4.78 is 32.4. The summed E-state index contributed by atoms with van der Waals surface area (Å²) in [5, 5.41) is 6.12. The van der Waals surface area contributed by atoms with Gasteiger partial charge in [-0.3, -0.25) is 9.59 Å². The fraction of sp³-hybridized carbons (Fsp3) is 0.316. The average molecular weight is 420 g/mol. The first-order chi connectivity index (χ1) is 13.7. The van der Waals surface area contributed by atoms with E-state index in [4.69, 9.17) is 4.42 Å². The van der Waals surface area contributed by atoms with Crippen molar-refractivity contribution in [2.24, 2.45) is 11.0 Å². The number of nitrogens with one attached hydrogen (secondary N) is 3. The highest BCUT2D eigenvalue weighted by atomic mass is 32.2. The number of hydrogen-bond acceptors (Lipinski definition) is 6. The lowest BCUT2D eigenvalue weighted by Gasteiger charge is -2.05. The van der Waals surface area contributed by atoms with Crippen LogP contribution in [-0.4, -0.2) is 33.0 Å². The molecule has 9 nitrogen and oxygen atoms in total. The van der Waals surface area contributed by atoms with Gasteiger partial charge >= 0.3 is 11.8 Å². The number of benzene rings is 1. The number of furan rings is 1. The summed E-state index contributed by atoms with van der Waals surface area (Å²) in [7, 11) is -3.66. The summed E-state index contributed by atoms with van der Waals surface area (Å²) in [4.78, 5) is 23.3. The van der Waals surface area contributed by atoms with Crippen molar-refractivity contribution in [2.45, 2.75) is 32.2 Å². The molecule has 1 heterocycles. The fourth-order valence-electron chi connectivity index (χ4n) is 2.11. The predicted octanol–water partition coefficient (Wildman–Crippen LogP) is 1.29. The molecule has 1 aromatic heterocycles. The Morgan fingerprint density at radius 2 is 1.79 bits per heavy atom. The lowest BCUT2D eigenvalue weighted by atomic mass is 10.2. The Hall–Kier alpha value is -2.98. The molecule has 0 radical (unpaired) electrons. The van der Waals surface area contributed by atoms with Crippen LogP contribution in [0.4, 0.5) is 0 Å². The van der Waals surface area contributed by atoms with E-state index in [1.165, 1.54) is 18.3 Å². The number of amides is 2. The molecule has 1 aromatic carbocycles. The Kier molecular flexibility index (Phi) is 7.68. The molecule has 3 N–H and O–H groups in total. The van der Waals surface area contributed by atoms with Gasteiger partial charge in [-0.2, -0.15) is 5.10 Å². The minimum atomic E-state index is -3.66. The van der Waals surface area contributed by atoms with Gasteiger partial charge in [0.15, 0.2) is 0 Å². The molecule has 0 bridgehead atoms. The highest BCUT2D eigenvalue weighted by Gasteiger charge is 2.15. The number of carbonyl (C=O) groups excluding carboxylic acids is 2. The third-order valence-corrected chi connectivity index (χ3v) is 5.10. The molecule has 0 saturated carbocycles. The van der Waals surface area contributed by atoms with Crippen molar-refractivity contribution < 1.29 is 22.4 Å². The number of aryl methyl sites for hydroxylation is 1. The molecule has 0 aliphatic rings. The molecule has 0 aliphatic heterocycles. The maximum Gasteiger partial charge on any atom is 0.329 e. The zero-order valence-corrected chi connectivity index (χ0v) is 17.2. The summed E-state index contributed by atoms with van der Waals surface area (Å²) in [5.74, 6) is -0.790. The van der Waals surface area contributed by atoms with Gasteiger partial charge in [0.1, 0.15) is 11.5 Å². The molecule has 10 heteroatoms. The van der Waals surface area contributed by atoms with Crippen LogP contribution in [0.25, 0.3) is 0 Å². The molecule has 2 aromatic rings. The van der Waals surface area contributed by atoms with E-state index in [1.54, 1.807) is 24.3 Å². The Bertz CT molecular complexity index is 978. The molecule has 0 spiro atoms. The van der Waals surface area contributed by atoms with Crippen LogP contribution in [-0.2, 0) is 26.2 Å². The van der Waals surface area contributed by atoms with Crippen molar-refractivity contribution in [3.05, 3.63) is 53.5 Å². The van der Waals surface area contributed by atoms with Crippen molar-refractivity contribution in [1.82, 2.24) is 15.5 Å². The molecule has 0 fully saturated rings. The Labute approximate surface area is 169 Å². The van der Waals surface area contributed by atoms with Crippen LogP contribution < -0.4 is 15.5 Å². The second-order valence-electron chi connectivity index (χ2n) is 6.74. The molecule has 156 valence electrons. The van der Waals surface area contributed by atoms with E-state index < -0.39 is 21.8 Å². The zero-order chi connectivity index (χ0) is 21.4. The Balaban J connectivity index is 1.86. The lowest BCUT2D eigenvalue weighted by molar-refractivity contribution is -0.139. The number of hydrazone groups is 1. The Morgan fingerprint density at radius 1 is 1.10 bits per heavy atom. The second kappa shape index (κ2) is 9.99. The van der Waals surface area contributed by atoms with Gasteiger partial charge in [0.25, 0.3) is 0 Å². The van der Waals surface area contributed by atoms with Crippen LogP contribution in [0.2, 0.25) is 0 Å². The van der Waals surface area contributed by atoms with Crippen molar-refractivity contribution >= 4 is 28.1 Å². The van der Waals surface area contributed by atoms with Gasteiger partial charge in [0.05, 0.1) is 17.7 Å². The minimum absolute atomic E-state index is 0.0476. The van der Waals surface area contributed by atoms with Crippen LogP contribution in [0, 0.1) is 12.8 Å². The van der Waals surface area contributed by atoms with E-state index in [-0.39, 0.29) is 23.1 Å². The Morgan fingerprint density at radius 3 is 2.45 bits per heavy atom. The van der Waals surface area contributed by atoms with Crippen molar-refractivity contribution in [3.8, 4) is 0 Å². The normalized spacial score (nSPS) is 11.7. The first-order valence-electron chi connectivity index (χ1n) is 8.93. The highest BCUT2D eigenvalue weighted by molar-refractivity contribution is 7.89. The van der Waals surface area contributed by atoms with E-state index in [2.05, 4.69) is 20.6 Å². The molecule has 0 atom stereocenters. The summed E-state index contributed by atoms with van der Waals surface area (Å²) in [6, 6.07) is 9.62. The smallest absolute Gasteiger partial charge is 0.329 e. The highest BCUT2D eigenvalue weighted by Crippen LogP contribution is 2.12. The van der Waals surface area contributed by atoms with Crippen LogP contribution >= 0.6 is 0 Å². The predicted molar refractivity (Wildman–Crippen MR) is 107 cm³/mol. The molecule has 0 aliphatic carbocycles. The van der Waals surface area contributed by atoms with Crippen molar-refractivity contribution in [1.29, 1.82) is 0 Å². The van der Waals surface area contributed by atoms with E-state index >= 15 is 0 Å². The number of carbonyl (C=O) groups is 2. The van der Waals surface area contributed by atoms with Crippen LogP contribution in [0.15, 0.2) is 50.8 Å². The average Bonchev–Trinajstić information content (AvgIpc) is 3.12. The monoisotopic (exact) mass is 420 g/mol. The minimum Gasteiger partial charge on any atom is -0.459 e. The molecule has 0 saturated heterocycles. The number of sulfonamides is 1. The molecule has 29 heavy (non-hydrogen) atoms. The van der Waals surface area contributed by atoms with E-state index in [0.29, 0.717) is 12.3 Å². The van der Waals surface area contributed by atoms with Gasteiger partial charge in [-0.1, -0.05) is 31.5 Å². The van der Waals surface area contributed by atoms with Crippen molar-refractivity contribution in [3.63, 3.8) is 0 Å². The van der Waals surface area contributed by atoms with Gasteiger partial charge in [0, 0.05) is 6.54 Å². The fourth-order valence-corrected chi connectivity index (χ4v) is 3.10. The summed E-state index contributed by atoms with van der Waals surface area (Å²) in [6.07, 6.45) is 1.21. The summed E-state index contributed by atoms with van der Waals surface area (Å²) >= 11 is 0. The molecule has 0 unspecified atom stereocenters. The maximum absolute atomic E-state index is 12.3. The summed E-state index contributed by atoms with van der Waals surface area (Å²) in [6.45, 7) is 6.03. The molecular weight excluding hydrogens is 396 g/mol. The standard InChI is InChI=1S/C19H24N4O5S/c1-13(2)10-20-18(24)19(25)23-21-11-15-6-7-16(28-15)12-22-29(26,27)17-8-4-14(3)5-9-17/h4-9,11,13,22H,10,12H2,1-3H3,(H,20,24)(H,23,25)/b21-11+. The van der Waals surface area contributed by atoms with E-state index in [0.717, 1.165) is 5.56 Å². The number of hydrogen-bond donors (Lipinski definition) is 3. The first kappa shape index (κ1) is 22.3. The van der Waals surface area contributed by atoms with Gasteiger partial charge in [-0.15, -0.1) is 0 Å². The molecule has 2 rings (SSSR count). The number of rotatable bonds is 8. The van der Waals surface area contributed by atoms with Gasteiger partial charge < -0.3 is 9.73 Å². The number of nitrogens with zero attached hydrogens (tertiary/aromatic N) is 1. The second-order valence-corrected chi connectivity index (χ2v) is 8.51. The first-order valence-corrected chi connectivity index (χ1v) is 10.4. The molecular formula is C19H24N4O5S. The van der Waals surface area contributed by atoms with Gasteiger partial charge in [-0.05, 0) is 37.1 Å². The third kappa shape index (κ3) is 7.16. The van der Waals surface area contributed by atoms with Crippen LogP contribution in [0.5, 0.6) is 0 Å². The van der Waals surface area contributed by atoms with Gasteiger partial charge in [-0.25, -0.2) is 18.6 Å². The van der Waals surface area contributed by atoms with Crippen molar-refractivity contribution in [2.75, 3.05) is 6.54 Å². The largest absolute Gasteiger partial charge is 0.459 e. The molecule has 2 amide bonds. The zero-order valence-electron chi connectivity index (χ0n) is 16.4. The van der Waals surface area contributed by atoms with Crippen LogP contribution in [0.3, 0.4) is 0 Å². The van der Waals surface area contributed by atoms with E-state index in [1.807, 2.05) is 20.8 Å². The van der Waals surface area contributed by atoms with Crippen LogP contribution in [0.1, 0.15) is 30.9 Å². The maximum atomic E-state index is 12.3. The quantitative estimate of drug-likeness (QED) is 0.337. The SMILES string of the molecule is Cc1ccc(S(=O)(=O)NCc2ccc(/C=N/NC(=O)C(=O)NCC(C)C)o2)cc1. The lowest BCUT2D eigenvalue weighted by Crippen LogP contribution is -2.39. The van der Waals surface area contributed by atoms with Gasteiger partial charge in [0.2, 0.25) is 10.0 Å². The van der Waals surface area contributed by atoms with E-state index in [9.17, 15) is 18.0 Å². The topological polar surface area (TPSA) is 130 Å². The third-order valence-electron chi connectivity index (χ3n) is 3.69.